The smallest absolute Gasteiger partial charge is 0.244 e. The number of anilines is 1. The number of rotatable bonds is 9. The minimum Gasteiger partial charge on any atom is -0.494 e. The Morgan fingerprint density at radius 3 is 1.98 bits per heavy atom. The van der Waals surface area contributed by atoms with Crippen molar-refractivity contribution in [2.24, 2.45) is 20.0 Å². The highest BCUT2D eigenvalue weighted by Crippen LogP contribution is 2.29. The molecule has 15 nitrogen and oxygen atoms in total. The third kappa shape index (κ3) is 11.0. The summed E-state index contributed by atoms with van der Waals surface area (Å²) in [6.07, 6.45) is 6.94. The van der Waals surface area contributed by atoms with E-state index in [4.69, 9.17) is 31.2 Å². The number of aromatic hydroxyl groups is 2. The lowest BCUT2D eigenvalue weighted by Gasteiger charge is -2.22. The average molecular weight is 830 g/mol. The first-order chi connectivity index (χ1) is 27.5. The van der Waals surface area contributed by atoms with Gasteiger partial charge in [-0.3, -0.25) is 9.59 Å². The molecule has 0 saturated carbocycles. The van der Waals surface area contributed by atoms with Crippen LogP contribution in [0.3, 0.4) is 0 Å². The Kier molecular flexibility index (Phi) is 13.7. The third-order valence-corrected chi connectivity index (χ3v) is 10.1. The van der Waals surface area contributed by atoms with Crippen LogP contribution in [0.1, 0.15) is 48.6 Å². The fourth-order valence-electron chi connectivity index (χ4n) is 5.65. The number of carbonyl (C=O) groups is 2. The van der Waals surface area contributed by atoms with Gasteiger partial charge >= 0.3 is 0 Å². The summed E-state index contributed by atoms with van der Waals surface area (Å²) in [4.78, 5) is 47.3. The van der Waals surface area contributed by atoms with Crippen molar-refractivity contribution in [3.05, 3.63) is 94.5 Å². The molecule has 0 spiro atoms. The van der Waals surface area contributed by atoms with Crippen molar-refractivity contribution in [1.82, 2.24) is 9.97 Å². The third-order valence-electron chi connectivity index (χ3n) is 7.96. The molecule has 1 atom stereocenters. The van der Waals surface area contributed by atoms with E-state index in [2.05, 4.69) is 35.3 Å². The molecule has 2 aromatic heterocycles. The molecule has 1 unspecified atom stereocenters. The Labute approximate surface area is 339 Å². The molecule has 7 rings (SSSR count). The average Bonchev–Trinajstić information content (AvgIpc) is 3.69. The van der Waals surface area contributed by atoms with Crippen LogP contribution < -0.4 is 26.5 Å². The van der Waals surface area contributed by atoms with E-state index in [0.717, 1.165) is 21.6 Å². The normalized spacial score (nSPS) is 17.9. The Bertz CT molecular complexity index is 2620. The van der Waals surface area contributed by atoms with Gasteiger partial charge in [-0.05, 0) is 72.9 Å². The molecule has 0 radical (unpaired) electrons. The van der Waals surface area contributed by atoms with Crippen molar-refractivity contribution in [1.29, 1.82) is 0 Å². The lowest BCUT2D eigenvalue weighted by atomic mass is 10.1. The van der Waals surface area contributed by atoms with Gasteiger partial charge in [-0.1, -0.05) is 23.5 Å². The summed E-state index contributed by atoms with van der Waals surface area (Å²) < 4.78 is 22.9. The number of benzene rings is 2. The SMILES string of the molecule is CCOC1=CC(=NC(C)=O)N=c2ccc(=Cc3sc(=S)[nH]c3O)cc21.CCOC1=CC(=NC(C)=O)N=c2ccc(=Cc3sc(NCC4COCCO4)nc3O)cc21. The lowest BCUT2D eigenvalue weighted by Crippen LogP contribution is -2.34. The number of amides is 2. The van der Waals surface area contributed by atoms with E-state index in [9.17, 15) is 19.8 Å². The highest BCUT2D eigenvalue weighted by molar-refractivity contribution is 7.73. The number of hydrogen-bond donors (Lipinski definition) is 4. The number of aromatic nitrogens is 2. The van der Waals surface area contributed by atoms with E-state index in [0.29, 0.717) is 92.3 Å². The summed E-state index contributed by atoms with van der Waals surface area (Å²) in [6.45, 7) is 9.77. The van der Waals surface area contributed by atoms with Gasteiger partial charge in [0, 0.05) is 43.7 Å². The predicted octanol–water partition coefficient (Wildman–Crippen LogP) is 3.76. The van der Waals surface area contributed by atoms with Gasteiger partial charge in [0.15, 0.2) is 20.8 Å². The molecule has 0 bridgehead atoms. The number of carbonyl (C=O) groups excluding carboxylic acids is 2. The second-order valence-corrected chi connectivity index (χ2v) is 15.1. The molecule has 2 aromatic carbocycles. The van der Waals surface area contributed by atoms with Crippen LogP contribution in [0.2, 0.25) is 0 Å². The van der Waals surface area contributed by atoms with Crippen molar-refractivity contribution >= 4 is 87.2 Å². The second kappa shape index (κ2) is 19.0. The van der Waals surface area contributed by atoms with Crippen molar-refractivity contribution in [2.75, 3.05) is 44.9 Å². The maximum Gasteiger partial charge on any atom is 0.244 e. The van der Waals surface area contributed by atoms with Crippen LogP contribution in [0, 0.1) is 3.95 Å². The molecule has 18 heteroatoms. The number of aromatic amines is 1. The zero-order chi connectivity index (χ0) is 40.5. The van der Waals surface area contributed by atoms with Crippen LogP contribution in [0.4, 0.5) is 5.13 Å². The number of hydrogen-bond acceptors (Lipinski definition) is 13. The molecule has 3 aliphatic rings. The number of fused-ring (bicyclic) bond motifs is 2. The van der Waals surface area contributed by atoms with Gasteiger partial charge in [0.05, 0.1) is 59.6 Å². The van der Waals surface area contributed by atoms with Crippen molar-refractivity contribution in [2.45, 2.75) is 33.8 Å². The van der Waals surface area contributed by atoms with E-state index >= 15 is 0 Å². The van der Waals surface area contributed by atoms with Crippen LogP contribution >= 0.6 is 34.9 Å². The summed E-state index contributed by atoms with van der Waals surface area (Å²) in [6, 6.07) is 11.2. The Hall–Kier alpha value is -5.66. The number of ether oxygens (including phenoxy) is 4. The zero-order valence-corrected chi connectivity index (χ0v) is 33.8. The minimum absolute atomic E-state index is 0.0353. The van der Waals surface area contributed by atoms with Gasteiger partial charge in [-0.2, -0.15) is 15.0 Å². The lowest BCUT2D eigenvalue weighted by molar-refractivity contribution is -0.116. The highest BCUT2D eigenvalue weighted by Gasteiger charge is 2.17. The molecule has 3 aliphatic heterocycles. The topological polar surface area (TPSA) is 202 Å². The number of H-pyrrole nitrogens is 1. The molecule has 4 aromatic rings. The molecule has 296 valence electrons. The van der Waals surface area contributed by atoms with Crippen LogP contribution in [-0.4, -0.2) is 89.3 Å². The van der Waals surface area contributed by atoms with Crippen LogP contribution in [0.5, 0.6) is 11.8 Å². The first-order valence-electron chi connectivity index (χ1n) is 17.8. The van der Waals surface area contributed by atoms with E-state index < -0.39 is 0 Å². The van der Waals surface area contributed by atoms with Crippen molar-refractivity contribution < 1.29 is 38.7 Å². The van der Waals surface area contributed by atoms with Gasteiger partial charge in [0.25, 0.3) is 0 Å². The Balaban J connectivity index is 0.000000199. The van der Waals surface area contributed by atoms with Crippen LogP contribution in [0.15, 0.2) is 68.5 Å². The molecule has 1 saturated heterocycles. The Morgan fingerprint density at radius 1 is 0.912 bits per heavy atom. The number of nitrogens with zero attached hydrogens (tertiary/aromatic N) is 5. The van der Waals surface area contributed by atoms with E-state index in [1.165, 1.54) is 36.5 Å². The van der Waals surface area contributed by atoms with E-state index in [-0.39, 0.29) is 29.7 Å². The minimum atomic E-state index is -0.322. The number of thiazole rings is 2. The predicted molar refractivity (Wildman–Crippen MR) is 221 cm³/mol. The van der Waals surface area contributed by atoms with Gasteiger partial charge in [-0.15, -0.1) is 11.3 Å². The maximum absolute atomic E-state index is 11.3. The summed E-state index contributed by atoms with van der Waals surface area (Å²) in [5, 5.41) is 27.0. The first kappa shape index (κ1) is 41.0. The largest absolute Gasteiger partial charge is 0.494 e. The van der Waals surface area contributed by atoms with E-state index in [1.54, 1.807) is 12.2 Å². The van der Waals surface area contributed by atoms with Gasteiger partial charge < -0.3 is 39.5 Å². The molecule has 0 aliphatic carbocycles. The van der Waals surface area contributed by atoms with Crippen LogP contribution in [-0.2, 0) is 28.5 Å². The number of nitrogens with one attached hydrogen (secondary N) is 2. The molecule has 4 N–H and O–H groups in total. The Morgan fingerprint density at radius 2 is 1.49 bits per heavy atom. The van der Waals surface area contributed by atoms with Crippen LogP contribution in [0.25, 0.3) is 23.7 Å². The van der Waals surface area contributed by atoms with Crippen molar-refractivity contribution in [3.63, 3.8) is 0 Å². The van der Waals surface area contributed by atoms with Gasteiger partial charge in [0.1, 0.15) is 11.5 Å². The summed E-state index contributed by atoms with van der Waals surface area (Å²) in [5.74, 6) is 1.20. The summed E-state index contributed by atoms with van der Waals surface area (Å²) in [5.41, 5.74) is 1.59. The molecule has 5 heterocycles. The standard InChI is InChI=1S/C22H24N4O5S.C17H15N3O3S2/c1-3-30-18-10-20(24-13(2)27)25-17-5-4-14(8-16(17)18)9-19-21(28)26-22(32-19)23-11-15-12-29-6-7-31-15;1-3-23-13-8-15(18-9(2)21)19-12-5-4-10(6-11(12)13)7-14-16(22)20-17(24)25-14/h4-5,8-10,15,28H,3,6-7,11-12H2,1-2H3,(H,23,26);4-8,22H,3H2,1-2H3,(H,20,24). The quantitative estimate of drug-likeness (QED) is 0.179. The molecule has 2 amide bonds. The summed E-state index contributed by atoms with van der Waals surface area (Å²) >= 11 is 7.67. The molecular weight excluding hydrogens is 791 g/mol. The highest BCUT2D eigenvalue weighted by atomic mass is 32.1. The molecular formula is C39H39N7O8S3. The fourth-order valence-corrected chi connectivity index (χ4v) is 7.53. The van der Waals surface area contributed by atoms with Crippen molar-refractivity contribution in [3.8, 4) is 11.8 Å². The number of aliphatic imine (C=N–C) groups is 2. The number of amidine groups is 2. The first-order valence-corrected chi connectivity index (χ1v) is 19.9. The fraction of sp³-hybridized carbons (Fsp3) is 0.282. The second-order valence-electron chi connectivity index (χ2n) is 12.3. The van der Waals surface area contributed by atoms with Gasteiger partial charge in [-0.25, -0.2) is 9.98 Å². The zero-order valence-electron chi connectivity index (χ0n) is 31.4. The monoisotopic (exact) mass is 829 g/mol. The maximum atomic E-state index is 11.3. The van der Waals surface area contributed by atoms with E-state index in [1.807, 2.05) is 62.4 Å². The van der Waals surface area contributed by atoms with Gasteiger partial charge in [0.2, 0.25) is 23.6 Å². The molecule has 57 heavy (non-hydrogen) atoms. The summed E-state index contributed by atoms with van der Waals surface area (Å²) in [7, 11) is 0. The molecule has 1 fully saturated rings.